The van der Waals surface area contributed by atoms with Gasteiger partial charge in [0, 0.05) is 26.7 Å². The molecular weight excluding hydrogens is 252 g/mol. The van der Waals surface area contributed by atoms with Gasteiger partial charge in [0.15, 0.2) is 5.96 Å². The molecule has 0 saturated carbocycles. The van der Waals surface area contributed by atoms with Crippen LogP contribution in [-0.4, -0.2) is 63.8 Å². The number of aliphatic imine (C=N–C) groups is 1. The molecule has 0 saturated heterocycles. The van der Waals surface area contributed by atoms with E-state index in [1.807, 2.05) is 6.92 Å². The van der Waals surface area contributed by atoms with Crippen molar-refractivity contribution < 1.29 is 4.74 Å². The number of nitrogens with zero attached hydrogens (tertiary/aromatic N) is 2. The van der Waals surface area contributed by atoms with Crippen molar-refractivity contribution in [2.75, 3.05) is 53.0 Å². The summed E-state index contributed by atoms with van der Waals surface area (Å²) in [6.45, 7) is 13.3. The highest BCUT2D eigenvalue weighted by Gasteiger charge is 2.02. The topological polar surface area (TPSA) is 48.9 Å². The van der Waals surface area contributed by atoms with Crippen molar-refractivity contribution in [2.24, 2.45) is 4.99 Å². The quantitative estimate of drug-likeness (QED) is 0.326. The van der Waals surface area contributed by atoms with Gasteiger partial charge in [-0.15, -0.1) is 0 Å². The van der Waals surface area contributed by atoms with Gasteiger partial charge in [0.05, 0.1) is 6.61 Å². The molecule has 0 fully saturated rings. The van der Waals surface area contributed by atoms with E-state index in [1.54, 1.807) is 7.05 Å². The van der Waals surface area contributed by atoms with Crippen LogP contribution < -0.4 is 10.6 Å². The van der Waals surface area contributed by atoms with Gasteiger partial charge in [-0.2, -0.15) is 0 Å². The summed E-state index contributed by atoms with van der Waals surface area (Å²) in [6.07, 6.45) is 3.61. The van der Waals surface area contributed by atoms with Crippen LogP contribution in [-0.2, 0) is 4.74 Å². The lowest BCUT2D eigenvalue weighted by Gasteiger charge is -2.21. The van der Waals surface area contributed by atoms with Gasteiger partial charge in [0.2, 0.25) is 0 Å². The van der Waals surface area contributed by atoms with Crippen LogP contribution in [0.25, 0.3) is 0 Å². The standard InChI is InChI=1S/C15H34N4O/c1-5-11-19(12-6-2)13-8-9-17-15(16-4)18-10-14-20-7-3/h5-14H2,1-4H3,(H2,16,17,18). The van der Waals surface area contributed by atoms with E-state index < -0.39 is 0 Å². The Balaban J connectivity index is 3.68. The SMILES string of the molecule is CCCN(CCC)CCCNC(=NC)NCCOCC. The molecule has 0 radical (unpaired) electrons. The lowest BCUT2D eigenvalue weighted by atomic mass is 10.3. The van der Waals surface area contributed by atoms with E-state index in [0.717, 1.165) is 45.2 Å². The maximum atomic E-state index is 5.29. The summed E-state index contributed by atoms with van der Waals surface area (Å²) in [5, 5.41) is 6.59. The van der Waals surface area contributed by atoms with Crippen LogP contribution in [0.2, 0.25) is 0 Å². The molecule has 0 heterocycles. The minimum absolute atomic E-state index is 0.720. The third-order valence-electron chi connectivity index (χ3n) is 2.99. The minimum Gasteiger partial charge on any atom is -0.380 e. The molecule has 0 aromatic rings. The summed E-state index contributed by atoms with van der Waals surface area (Å²) >= 11 is 0. The molecule has 0 aliphatic carbocycles. The van der Waals surface area contributed by atoms with E-state index in [1.165, 1.54) is 25.9 Å². The molecular formula is C15H34N4O. The number of hydrogen-bond acceptors (Lipinski definition) is 3. The van der Waals surface area contributed by atoms with Crippen molar-refractivity contribution in [2.45, 2.75) is 40.0 Å². The first-order valence-electron chi connectivity index (χ1n) is 8.03. The first-order chi connectivity index (χ1) is 9.78. The Morgan fingerprint density at radius 1 is 1.00 bits per heavy atom. The zero-order valence-electron chi connectivity index (χ0n) is 13.9. The van der Waals surface area contributed by atoms with Crippen LogP contribution in [0.15, 0.2) is 4.99 Å². The molecule has 5 heteroatoms. The van der Waals surface area contributed by atoms with E-state index in [2.05, 4.69) is 34.4 Å². The largest absolute Gasteiger partial charge is 0.380 e. The van der Waals surface area contributed by atoms with Crippen LogP contribution >= 0.6 is 0 Å². The maximum absolute atomic E-state index is 5.29. The van der Waals surface area contributed by atoms with Crippen LogP contribution in [0.5, 0.6) is 0 Å². The van der Waals surface area contributed by atoms with E-state index in [-0.39, 0.29) is 0 Å². The van der Waals surface area contributed by atoms with Gasteiger partial charge in [-0.25, -0.2) is 0 Å². The Bertz CT molecular complexity index is 228. The molecule has 0 rings (SSSR count). The Morgan fingerprint density at radius 3 is 2.20 bits per heavy atom. The Labute approximate surface area is 125 Å². The lowest BCUT2D eigenvalue weighted by molar-refractivity contribution is 0.152. The van der Waals surface area contributed by atoms with Gasteiger partial charge in [-0.05, 0) is 45.8 Å². The van der Waals surface area contributed by atoms with Gasteiger partial charge in [0.25, 0.3) is 0 Å². The number of ether oxygens (including phenoxy) is 1. The molecule has 0 bridgehead atoms. The van der Waals surface area contributed by atoms with Crippen molar-refractivity contribution in [3.63, 3.8) is 0 Å². The van der Waals surface area contributed by atoms with Gasteiger partial charge in [-0.3, -0.25) is 4.99 Å². The number of guanidine groups is 1. The van der Waals surface area contributed by atoms with Gasteiger partial charge < -0.3 is 20.3 Å². The van der Waals surface area contributed by atoms with Crippen LogP contribution in [0.3, 0.4) is 0 Å². The van der Waals surface area contributed by atoms with E-state index in [0.29, 0.717) is 0 Å². The average molecular weight is 286 g/mol. The van der Waals surface area contributed by atoms with Crippen molar-refractivity contribution >= 4 is 5.96 Å². The van der Waals surface area contributed by atoms with Gasteiger partial charge in [0.1, 0.15) is 0 Å². The second-order valence-corrected chi connectivity index (χ2v) is 4.82. The molecule has 120 valence electrons. The zero-order chi connectivity index (χ0) is 15.1. The molecule has 0 unspecified atom stereocenters. The summed E-state index contributed by atoms with van der Waals surface area (Å²) in [7, 11) is 1.80. The third kappa shape index (κ3) is 11.1. The summed E-state index contributed by atoms with van der Waals surface area (Å²) < 4.78 is 5.29. The highest BCUT2D eigenvalue weighted by Crippen LogP contribution is 1.95. The first kappa shape index (κ1) is 19.2. The van der Waals surface area contributed by atoms with Crippen molar-refractivity contribution in [3.05, 3.63) is 0 Å². The average Bonchev–Trinajstić information content (AvgIpc) is 2.46. The molecule has 0 aliphatic heterocycles. The third-order valence-corrected chi connectivity index (χ3v) is 2.99. The van der Waals surface area contributed by atoms with Crippen molar-refractivity contribution in [1.82, 2.24) is 15.5 Å². The minimum atomic E-state index is 0.720. The molecule has 2 N–H and O–H groups in total. The fraction of sp³-hybridized carbons (Fsp3) is 0.933. The smallest absolute Gasteiger partial charge is 0.191 e. The molecule has 0 atom stereocenters. The molecule has 0 amide bonds. The van der Waals surface area contributed by atoms with Crippen LogP contribution in [0.4, 0.5) is 0 Å². The lowest BCUT2D eigenvalue weighted by Crippen LogP contribution is -2.40. The normalized spacial score (nSPS) is 11.9. The zero-order valence-corrected chi connectivity index (χ0v) is 13.9. The van der Waals surface area contributed by atoms with E-state index in [4.69, 9.17) is 4.74 Å². The monoisotopic (exact) mass is 286 g/mol. The molecule has 0 aromatic heterocycles. The predicted octanol–water partition coefficient (Wildman–Crippen LogP) is 1.70. The van der Waals surface area contributed by atoms with E-state index in [9.17, 15) is 0 Å². The van der Waals surface area contributed by atoms with Gasteiger partial charge in [-0.1, -0.05) is 13.8 Å². The van der Waals surface area contributed by atoms with Gasteiger partial charge >= 0.3 is 0 Å². The summed E-state index contributed by atoms with van der Waals surface area (Å²) in [6, 6.07) is 0. The summed E-state index contributed by atoms with van der Waals surface area (Å²) in [4.78, 5) is 6.73. The fourth-order valence-corrected chi connectivity index (χ4v) is 2.08. The van der Waals surface area contributed by atoms with Crippen LogP contribution in [0, 0.1) is 0 Å². The highest BCUT2D eigenvalue weighted by atomic mass is 16.5. The van der Waals surface area contributed by atoms with Crippen molar-refractivity contribution in [1.29, 1.82) is 0 Å². The van der Waals surface area contributed by atoms with Crippen LogP contribution in [0.1, 0.15) is 40.0 Å². The predicted molar refractivity (Wildman–Crippen MR) is 87.5 cm³/mol. The highest BCUT2D eigenvalue weighted by molar-refractivity contribution is 5.79. The Hall–Kier alpha value is -0.810. The van der Waals surface area contributed by atoms with Crippen molar-refractivity contribution in [3.8, 4) is 0 Å². The number of rotatable bonds is 12. The fourth-order valence-electron chi connectivity index (χ4n) is 2.08. The Morgan fingerprint density at radius 2 is 1.65 bits per heavy atom. The second kappa shape index (κ2) is 14.6. The molecule has 0 spiro atoms. The summed E-state index contributed by atoms with van der Waals surface area (Å²) in [5.74, 6) is 0.863. The second-order valence-electron chi connectivity index (χ2n) is 4.82. The first-order valence-corrected chi connectivity index (χ1v) is 8.03. The number of hydrogen-bond donors (Lipinski definition) is 2. The Kier molecular flexibility index (Phi) is 14.0. The number of nitrogens with one attached hydrogen (secondary N) is 2. The van der Waals surface area contributed by atoms with E-state index >= 15 is 0 Å². The molecule has 5 nitrogen and oxygen atoms in total. The molecule has 0 aliphatic rings. The molecule has 20 heavy (non-hydrogen) atoms. The molecule has 0 aromatic carbocycles. The maximum Gasteiger partial charge on any atom is 0.191 e. The summed E-state index contributed by atoms with van der Waals surface area (Å²) in [5.41, 5.74) is 0.